The summed E-state index contributed by atoms with van der Waals surface area (Å²) in [6.45, 7) is 0. The molecule has 0 radical (unpaired) electrons. The van der Waals surface area contributed by atoms with Crippen LogP contribution in [0.15, 0.2) is 16.6 Å². The Morgan fingerprint density at radius 1 is 1.32 bits per heavy atom. The standard InChI is InChI=1S/C13H11BrClF3O/c14-9-2-1-8(11(16)10(9)15)12(19)7-3-5-13(17,18)6-4-7/h1-2,7H,3-6H2. The zero-order valence-corrected chi connectivity index (χ0v) is 12.2. The summed E-state index contributed by atoms with van der Waals surface area (Å²) < 4.78 is 40.3. The molecule has 0 atom stereocenters. The number of hydrogen-bond donors (Lipinski definition) is 0. The Morgan fingerprint density at radius 2 is 1.89 bits per heavy atom. The fourth-order valence-electron chi connectivity index (χ4n) is 2.24. The lowest BCUT2D eigenvalue weighted by Crippen LogP contribution is -2.29. The summed E-state index contributed by atoms with van der Waals surface area (Å²) in [5, 5.41) is -0.160. The summed E-state index contributed by atoms with van der Waals surface area (Å²) >= 11 is 8.77. The van der Waals surface area contributed by atoms with Crippen molar-refractivity contribution in [3.05, 3.63) is 33.0 Å². The maximum Gasteiger partial charge on any atom is 0.248 e. The third kappa shape index (κ3) is 3.14. The molecule has 1 aromatic carbocycles. The van der Waals surface area contributed by atoms with Gasteiger partial charge < -0.3 is 0 Å². The maximum atomic E-state index is 13.9. The van der Waals surface area contributed by atoms with Crippen LogP contribution in [0.25, 0.3) is 0 Å². The first-order valence-corrected chi connectivity index (χ1v) is 7.04. The Labute approximate surface area is 122 Å². The number of ketones is 1. The largest absolute Gasteiger partial charge is 0.294 e. The van der Waals surface area contributed by atoms with Gasteiger partial charge in [-0.05, 0) is 40.9 Å². The van der Waals surface area contributed by atoms with E-state index in [1.165, 1.54) is 12.1 Å². The molecule has 0 saturated heterocycles. The summed E-state index contributed by atoms with van der Waals surface area (Å²) in [6.07, 6.45) is -0.484. The molecule has 2 rings (SSSR count). The lowest BCUT2D eigenvalue weighted by molar-refractivity contribution is -0.0424. The highest BCUT2D eigenvalue weighted by atomic mass is 79.9. The van der Waals surface area contributed by atoms with Crippen molar-refractivity contribution in [2.75, 3.05) is 0 Å². The van der Waals surface area contributed by atoms with E-state index in [0.717, 1.165) is 0 Å². The highest BCUT2D eigenvalue weighted by Crippen LogP contribution is 2.38. The molecule has 1 fully saturated rings. The lowest BCUT2D eigenvalue weighted by Gasteiger charge is -2.27. The second-order valence-corrected chi connectivity index (χ2v) is 5.95. The lowest BCUT2D eigenvalue weighted by atomic mass is 9.82. The van der Waals surface area contributed by atoms with Gasteiger partial charge in [-0.25, -0.2) is 13.2 Å². The van der Waals surface area contributed by atoms with Gasteiger partial charge in [0, 0.05) is 23.2 Å². The minimum absolute atomic E-state index is 0.0823. The van der Waals surface area contributed by atoms with Crippen molar-refractivity contribution in [1.29, 1.82) is 0 Å². The molecule has 104 valence electrons. The average molecular weight is 356 g/mol. The van der Waals surface area contributed by atoms with E-state index >= 15 is 0 Å². The van der Waals surface area contributed by atoms with E-state index in [0.29, 0.717) is 4.47 Å². The normalized spacial score (nSPS) is 19.4. The van der Waals surface area contributed by atoms with E-state index in [9.17, 15) is 18.0 Å². The number of alkyl halides is 2. The maximum absolute atomic E-state index is 13.9. The van der Waals surface area contributed by atoms with Crippen molar-refractivity contribution in [1.82, 2.24) is 0 Å². The SMILES string of the molecule is O=C(c1ccc(Br)c(Cl)c1F)C1CCC(F)(F)CC1. The summed E-state index contributed by atoms with van der Waals surface area (Å²) in [5.74, 6) is -4.49. The van der Waals surface area contributed by atoms with Crippen LogP contribution in [-0.4, -0.2) is 11.7 Å². The molecule has 1 saturated carbocycles. The Hall–Kier alpha value is -0.550. The third-order valence-electron chi connectivity index (χ3n) is 3.39. The molecule has 0 unspecified atom stereocenters. The first-order chi connectivity index (χ1) is 8.82. The van der Waals surface area contributed by atoms with Crippen molar-refractivity contribution < 1.29 is 18.0 Å². The monoisotopic (exact) mass is 354 g/mol. The fourth-order valence-corrected chi connectivity index (χ4v) is 2.71. The molecule has 6 heteroatoms. The Kier molecular flexibility index (Phi) is 4.26. The Bertz CT molecular complexity index is 509. The summed E-state index contributed by atoms with van der Waals surface area (Å²) in [7, 11) is 0. The van der Waals surface area contributed by atoms with Crippen LogP contribution in [0.5, 0.6) is 0 Å². The molecule has 0 N–H and O–H groups in total. The van der Waals surface area contributed by atoms with Crippen LogP contribution in [0, 0.1) is 11.7 Å². The van der Waals surface area contributed by atoms with Crippen LogP contribution in [0.1, 0.15) is 36.0 Å². The summed E-state index contributed by atoms with van der Waals surface area (Å²) in [4.78, 5) is 12.1. The van der Waals surface area contributed by atoms with Gasteiger partial charge in [-0.15, -0.1) is 0 Å². The van der Waals surface area contributed by atoms with Crippen molar-refractivity contribution in [3.63, 3.8) is 0 Å². The first-order valence-electron chi connectivity index (χ1n) is 5.87. The van der Waals surface area contributed by atoms with Crippen molar-refractivity contribution >= 4 is 33.3 Å². The average Bonchev–Trinajstić information content (AvgIpc) is 2.35. The molecule has 0 aromatic heterocycles. The number of benzene rings is 1. The number of halogens is 5. The van der Waals surface area contributed by atoms with Gasteiger partial charge in [-0.3, -0.25) is 4.79 Å². The smallest absolute Gasteiger partial charge is 0.248 e. The van der Waals surface area contributed by atoms with Crippen molar-refractivity contribution in [2.24, 2.45) is 5.92 Å². The quantitative estimate of drug-likeness (QED) is 0.523. The van der Waals surface area contributed by atoms with E-state index in [1.807, 2.05) is 0 Å². The minimum Gasteiger partial charge on any atom is -0.294 e. The molecular formula is C13H11BrClF3O. The van der Waals surface area contributed by atoms with Crippen LogP contribution in [0.3, 0.4) is 0 Å². The Morgan fingerprint density at radius 3 is 2.47 bits per heavy atom. The van der Waals surface area contributed by atoms with Gasteiger partial charge in [0.1, 0.15) is 0 Å². The minimum atomic E-state index is -2.70. The molecule has 0 aliphatic heterocycles. The van der Waals surface area contributed by atoms with Gasteiger partial charge >= 0.3 is 0 Å². The van der Waals surface area contributed by atoms with E-state index in [2.05, 4.69) is 15.9 Å². The van der Waals surface area contributed by atoms with Crippen LogP contribution >= 0.6 is 27.5 Å². The molecule has 1 aliphatic rings. The van der Waals surface area contributed by atoms with E-state index in [1.54, 1.807) is 0 Å². The molecular weight excluding hydrogens is 344 g/mol. The molecule has 1 aromatic rings. The van der Waals surface area contributed by atoms with Crippen LogP contribution < -0.4 is 0 Å². The molecule has 0 amide bonds. The molecule has 0 bridgehead atoms. The second-order valence-electron chi connectivity index (χ2n) is 4.72. The number of hydrogen-bond acceptors (Lipinski definition) is 1. The predicted molar refractivity (Wildman–Crippen MR) is 70.3 cm³/mol. The van der Waals surface area contributed by atoms with E-state index < -0.39 is 23.4 Å². The van der Waals surface area contributed by atoms with Gasteiger partial charge in [0.05, 0.1) is 10.6 Å². The number of carbonyl (C=O) groups is 1. The zero-order valence-electron chi connectivity index (χ0n) is 9.86. The van der Waals surface area contributed by atoms with Crippen LogP contribution in [-0.2, 0) is 0 Å². The van der Waals surface area contributed by atoms with E-state index in [4.69, 9.17) is 11.6 Å². The highest BCUT2D eigenvalue weighted by molar-refractivity contribution is 9.10. The fraction of sp³-hybridized carbons (Fsp3) is 0.462. The molecule has 19 heavy (non-hydrogen) atoms. The van der Waals surface area contributed by atoms with Crippen LogP contribution in [0.4, 0.5) is 13.2 Å². The summed E-state index contributed by atoms with van der Waals surface area (Å²) in [5.41, 5.74) is -0.122. The van der Waals surface area contributed by atoms with E-state index in [-0.39, 0.29) is 36.3 Å². The van der Waals surface area contributed by atoms with Crippen LogP contribution in [0.2, 0.25) is 5.02 Å². The Balaban J connectivity index is 2.20. The molecule has 1 nitrogen and oxygen atoms in total. The predicted octanol–water partition coefficient (Wildman–Crippen LogP) is 5.25. The van der Waals surface area contributed by atoms with Gasteiger partial charge in [0.25, 0.3) is 0 Å². The van der Waals surface area contributed by atoms with Gasteiger partial charge in [-0.1, -0.05) is 11.6 Å². The third-order valence-corrected chi connectivity index (χ3v) is 4.65. The van der Waals surface area contributed by atoms with Gasteiger partial charge in [0.15, 0.2) is 11.6 Å². The highest BCUT2D eigenvalue weighted by Gasteiger charge is 2.38. The second kappa shape index (κ2) is 5.44. The van der Waals surface area contributed by atoms with Gasteiger partial charge in [-0.2, -0.15) is 0 Å². The van der Waals surface area contributed by atoms with Crippen molar-refractivity contribution in [3.8, 4) is 0 Å². The number of rotatable bonds is 2. The molecule has 0 spiro atoms. The summed E-state index contributed by atoms with van der Waals surface area (Å²) in [6, 6.07) is 2.82. The number of carbonyl (C=O) groups excluding carboxylic acids is 1. The molecule has 0 heterocycles. The van der Waals surface area contributed by atoms with Gasteiger partial charge in [0.2, 0.25) is 5.92 Å². The number of Topliss-reactive ketones (excluding diaryl/α,β-unsaturated/α-hetero) is 1. The van der Waals surface area contributed by atoms with Crippen molar-refractivity contribution in [2.45, 2.75) is 31.6 Å². The zero-order chi connectivity index (χ0) is 14.2. The molecule has 1 aliphatic carbocycles. The first kappa shape index (κ1) is 14.9. The topological polar surface area (TPSA) is 17.1 Å².